The molecular formula is C45H46F2N10O2. The minimum Gasteiger partial charge on any atom is -0.444 e. The molecule has 2 aliphatic rings. The number of rotatable bonds is 9. The van der Waals surface area contributed by atoms with Gasteiger partial charge in [0, 0.05) is 54.0 Å². The van der Waals surface area contributed by atoms with Crippen molar-refractivity contribution in [1.82, 2.24) is 40.1 Å². The number of ether oxygens (including phenoxy) is 1. The lowest BCUT2D eigenvalue weighted by Gasteiger charge is -2.33. The second-order valence-corrected chi connectivity index (χ2v) is 15.9. The Labute approximate surface area is 342 Å². The van der Waals surface area contributed by atoms with E-state index in [1.165, 1.54) is 24.3 Å². The van der Waals surface area contributed by atoms with Crippen molar-refractivity contribution < 1.29 is 18.3 Å². The number of carbonyl (C=O) groups excluding carboxylic acids is 1. The highest BCUT2D eigenvalue weighted by atomic mass is 19.1. The van der Waals surface area contributed by atoms with Gasteiger partial charge in [0.2, 0.25) is 11.9 Å². The first-order valence-electron chi connectivity index (χ1n) is 20.0. The Balaban J connectivity index is 1.10. The molecule has 6 aromatic rings. The molecule has 1 amide bonds. The van der Waals surface area contributed by atoms with Crippen LogP contribution in [-0.2, 0) is 4.74 Å². The van der Waals surface area contributed by atoms with Gasteiger partial charge in [-0.3, -0.25) is 0 Å². The minimum atomic E-state index is -0.616. The maximum atomic E-state index is 15.5. The average molecular weight is 797 g/mol. The van der Waals surface area contributed by atoms with Gasteiger partial charge >= 0.3 is 6.09 Å². The van der Waals surface area contributed by atoms with Crippen molar-refractivity contribution in [3.05, 3.63) is 120 Å². The van der Waals surface area contributed by atoms with Crippen LogP contribution in [0.4, 0.5) is 36.8 Å². The highest BCUT2D eigenvalue weighted by Gasteiger charge is 2.30. The van der Waals surface area contributed by atoms with Gasteiger partial charge in [0.1, 0.15) is 28.9 Å². The van der Waals surface area contributed by atoms with Crippen LogP contribution in [0.2, 0.25) is 0 Å². The fraction of sp³-hybridized carbons (Fsp3) is 0.311. The summed E-state index contributed by atoms with van der Waals surface area (Å²) >= 11 is 0. The number of anilines is 4. The van der Waals surface area contributed by atoms with Gasteiger partial charge in [-0.1, -0.05) is 54.6 Å². The molecule has 4 heterocycles. The van der Waals surface area contributed by atoms with Crippen molar-refractivity contribution >= 4 is 29.4 Å². The SMILES string of the molecule is CC(C)(C)OC(=O)N1CCCC(c2nc(Nc3cc(F)cc(-c4cccc(-c5nc(Nc6cccc(F)c6)nc(C6CCCNC6)n5)c4)c3)nc(-c3ccccc3)n2)C1. The maximum Gasteiger partial charge on any atom is 0.410 e. The number of benzene rings is 4. The van der Waals surface area contributed by atoms with Gasteiger partial charge in [0.25, 0.3) is 0 Å². The highest BCUT2D eigenvalue weighted by Crippen LogP contribution is 2.32. The van der Waals surface area contributed by atoms with E-state index in [1.807, 2.05) is 81.4 Å². The second kappa shape index (κ2) is 17.2. The topological polar surface area (TPSA) is 143 Å². The molecule has 0 radical (unpaired) electrons. The molecule has 2 aromatic heterocycles. The first kappa shape index (κ1) is 39.4. The summed E-state index contributed by atoms with van der Waals surface area (Å²) in [5.41, 5.74) is 3.19. The molecule has 2 saturated heterocycles. The van der Waals surface area contributed by atoms with Crippen LogP contribution in [0.25, 0.3) is 33.9 Å². The molecule has 2 fully saturated rings. The Morgan fingerprint density at radius 3 is 2.07 bits per heavy atom. The summed E-state index contributed by atoms with van der Waals surface area (Å²) in [4.78, 5) is 43.6. The van der Waals surface area contributed by atoms with Crippen LogP contribution in [0.5, 0.6) is 0 Å². The number of nitrogens with one attached hydrogen (secondary N) is 3. The lowest BCUT2D eigenvalue weighted by atomic mass is 9.97. The summed E-state index contributed by atoms with van der Waals surface area (Å²) in [7, 11) is 0. The fourth-order valence-electron chi connectivity index (χ4n) is 7.35. The number of hydrogen-bond acceptors (Lipinski definition) is 11. The Morgan fingerprint density at radius 1 is 0.678 bits per heavy atom. The summed E-state index contributed by atoms with van der Waals surface area (Å²) in [5, 5.41) is 9.83. The van der Waals surface area contributed by atoms with Gasteiger partial charge in [-0.15, -0.1) is 0 Å². The van der Waals surface area contributed by atoms with Crippen LogP contribution in [0, 0.1) is 11.6 Å². The fourth-order valence-corrected chi connectivity index (χ4v) is 7.35. The molecule has 302 valence electrons. The molecular weight excluding hydrogens is 751 g/mol. The number of piperidine rings is 2. The number of aromatic nitrogens is 6. The van der Waals surface area contributed by atoms with E-state index >= 15 is 4.39 Å². The van der Waals surface area contributed by atoms with E-state index < -0.39 is 11.4 Å². The van der Waals surface area contributed by atoms with E-state index in [0.29, 0.717) is 64.8 Å². The quantitative estimate of drug-likeness (QED) is 0.129. The molecule has 59 heavy (non-hydrogen) atoms. The summed E-state index contributed by atoms with van der Waals surface area (Å²) in [6.07, 6.45) is 3.10. The van der Waals surface area contributed by atoms with Gasteiger partial charge in [0.15, 0.2) is 11.6 Å². The zero-order valence-electron chi connectivity index (χ0n) is 33.3. The number of carbonyl (C=O) groups is 1. The standard InChI is InChI=1S/C45H46F2N10O2/c1-45(2,3)59-44(58)57-20-10-16-32(27-57)41-51-38(28-11-5-4-6-12-28)53-43(56-41)50-37-23-33(22-35(47)25-37)29-13-7-14-30(21-29)39-52-40(31-15-9-19-48-26-31)55-42(54-39)49-36-18-8-17-34(46)24-36/h4-8,11-14,17-18,21-25,31-32,48H,9-10,15-16,19-20,26-27H2,1-3H3,(H,49,52,54,55)(H,50,51,53,56). The molecule has 0 bridgehead atoms. The Bertz CT molecular complexity index is 2440. The van der Waals surface area contributed by atoms with E-state index in [9.17, 15) is 9.18 Å². The number of likely N-dealkylation sites (tertiary alicyclic amines) is 1. The lowest BCUT2D eigenvalue weighted by Crippen LogP contribution is -2.42. The van der Waals surface area contributed by atoms with Gasteiger partial charge in [-0.25, -0.2) is 23.5 Å². The summed E-state index contributed by atoms with van der Waals surface area (Å²) < 4.78 is 35.3. The van der Waals surface area contributed by atoms with Gasteiger partial charge in [0.05, 0.1) is 0 Å². The normalized spacial score (nSPS) is 17.0. The lowest BCUT2D eigenvalue weighted by molar-refractivity contribution is 0.0196. The van der Waals surface area contributed by atoms with Crippen molar-refractivity contribution in [1.29, 1.82) is 0 Å². The molecule has 2 unspecified atom stereocenters. The zero-order chi connectivity index (χ0) is 40.9. The van der Waals surface area contributed by atoms with Crippen LogP contribution >= 0.6 is 0 Å². The number of hydrogen-bond donors (Lipinski definition) is 3. The molecule has 12 nitrogen and oxygen atoms in total. The largest absolute Gasteiger partial charge is 0.444 e. The van der Waals surface area contributed by atoms with Crippen molar-refractivity contribution in [2.45, 2.75) is 63.9 Å². The smallest absolute Gasteiger partial charge is 0.410 e. The van der Waals surface area contributed by atoms with Crippen LogP contribution < -0.4 is 16.0 Å². The van der Waals surface area contributed by atoms with Crippen molar-refractivity contribution in [2.24, 2.45) is 0 Å². The van der Waals surface area contributed by atoms with Crippen LogP contribution in [0.1, 0.15) is 69.9 Å². The van der Waals surface area contributed by atoms with E-state index in [-0.39, 0.29) is 29.7 Å². The summed E-state index contributed by atoms with van der Waals surface area (Å²) in [5.74, 6) is 1.72. The number of halogens is 2. The molecule has 2 aliphatic heterocycles. The highest BCUT2D eigenvalue weighted by molar-refractivity contribution is 5.74. The van der Waals surface area contributed by atoms with Gasteiger partial charge in [-0.05, 0) is 107 Å². The summed E-state index contributed by atoms with van der Waals surface area (Å²) in [6, 6.07) is 28.0. The van der Waals surface area contributed by atoms with Crippen LogP contribution in [0.3, 0.4) is 0 Å². The molecule has 14 heteroatoms. The van der Waals surface area contributed by atoms with Crippen LogP contribution in [0.15, 0.2) is 97.1 Å². The molecule has 3 N–H and O–H groups in total. The predicted octanol–water partition coefficient (Wildman–Crippen LogP) is 9.40. The Kier molecular flexibility index (Phi) is 11.5. The Hall–Kier alpha value is -6.41. The van der Waals surface area contributed by atoms with Gasteiger partial charge < -0.3 is 25.6 Å². The first-order valence-corrected chi connectivity index (χ1v) is 20.0. The Morgan fingerprint density at radius 2 is 1.34 bits per heavy atom. The monoisotopic (exact) mass is 796 g/mol. The van der Waals surface area contributed by atoms with E-state index in [0.717, 1.165) is 49.9 Å². The van der Waals surface area contributed by atoms with Gasteiger partial charge in [-0.2, -0.15) is 19.9 Å². The molecule has 2 atom stereocenters. The third-order valence-electron chi connectivity index (χ3n) is 10.1. The zero-order valence-corrected chi connectivity index (χ0v) is 33.3. The number of amides is 1. The van der Waals surface area contributed by atoms with E-state index in [2.05, 4.69) is 16.0 Å². The van der Waals surface area contributed by atoms with E-state index in [1.54, 1.807) is 17.0 Å². The van der Waals surface area contributed by atoms with Crippen molar-refractivity contribution in [2.75, 3.05) is 36.8 Å². The minimum absolute atomic E-state index is 0.0824. The molecule has 0 spiro atoms. The van der Waals surface area contributed by atoms with Crippen LogP contribution in [-0.4, -0.2) is 72.7 Å². The molecule has 4 aromatic carbocycles. The maximum absolute atomic E-state index is 15.5. The first-order chi connectivity index (χ1) is 28.5. The van der Waals surface area contributed by atoms with Crippen molar-refractivity contribution in [3.8, 4) is 33.9 Å². The predicted molar refractivity (Wildman–Crippen MR) is 224 cm³/mol. The summed E-state index contributed by atoms with van der Waals surface area (Å²) in [6.45, 7) is 8.21. The number of nitrogens with zero attached hydrogens (tertiary/aromatic N) is 7. The molecule has 8 rings (SSSR count). The molecule has 0 saturated carbocycles. The third kappa shape index (κ3) is 10.0. The van der Waals surface area contributed by atoms with Crippen molar-refractivity contribution in [3.63, 3.8) is 0 Å². The third-order valence-corrected chi connectivity index (χ3v) is 10.1. The van der Waals surface area contributed by atoms with E-state index in [4.69, 9.17) is 34.6 Å². The molecule has 0 aliphatic carbocycles. The second-order valence-electron chi connectivity index (χ2n) is 15.9. The average Bonchev–Trinajstić information content (AvgIpc) is 3.23.